The molecule has 3 aromatic heterocycles. The number of carbonyl (C=O) groups excluding carboxylic acids is 1. The van der Waals surface area contributed by atoms with Crippen LogP contribution in [0.25, 0.3) is 11.1 Å². The van der Waals surface area contributed by atoms with Crippen molar-refractivity contribution in [2.75, 3.05) is 0 Å². The van der Waals surface area contributed by atoms with Gasteiger partial charge in [-0.2, -0.15) is 0 Å². The summed E-state index contributed by atoms with van der Waals surface area (Å²) in [5.41, 5.74) is 4.98. The van der Waals surface area contributed by atoms with Gasteiger partial charge in [0, 0.05) is 30.7 Å². The van der Waals surface area contributed by atoms with Gasteiger partial charge < -0.3 is 14.3 Å². The molecule has 5 heteroatoms. The zero-order valence-electron chi connectivity index (χ0n) is 16.6. The van der Waals surface area contributed by atoms with Crippen molar-refractivity contribution in [3.63, 3.8) is 0 Å². The van der Waals surface area contributed by atoms with Crippen LogP contribution >= 0.6 is 0 Å². The lowest BCUT2D eigenvalue weighted by Gasteiger charge is -2.10. The highest BCUT2D eigenvalue weighted by molar-refractivity contribution is 5.94. The molecule has 146 valence electrons. The molecule has 0 aliphatic carbocycles. The topological polar surface area (TPSA) is 60.1 Å². The van der Waals surface area contributed by atoms with Crippen molar-refractivity contribution in [2.45, 2.75) is 26.9 Å². The Hall–Kier alpha value is -3.60. The Kier molecular flexibility index (Phi) is 5.29. The van der Waals surface area contributed by atoms with Crippen molar-refractivity contribution in [1.29, 1.82) is 0 Å². The molecule has 0 atom stereocenters. The average Bonchev–Trinajstić information content (AvgIpc) is 3.35. The number of hydrogen-bond donors (Lipinski definition) is 1. The average molecular weight is 385 g/mol. The van der Waals surface area contributed by atoms with Crippen molar-refractivity contribution >= 4 is 5.91 Å². The normalized spacial score (nSPS) is 10.8. The second-order valence-electron chi connectivity index (χ2n) is 7.16. The number of nitrogens with one attached hydrogen (secondary N) is 1. The van der Waals surface area contributed by atoms with E-state index in [9.17, 15) is 4.79 Å². The summed E-state index contributed by atoms with van der Waals surface area (Å²) in [6.07, 6.45) is 5.53. The molecule has 0 bridgehead atoms. The highest BCUT2D eigenvalue weighted by Gasteiger charge is 2.15. The molecule has 1 aromatic carbocycles. The molecule has 3 heterocycles. The fourth-order valence-corrected chi connectivity index (χ4v) is 3.26. The largest absolute Gasteiger partial charge is 0.465 e. The molecule has 5 nitrogen and oxygen atoms in total. The number of aromatic nitrogens is 2. The third-order valence-electron chi connectivity index (χ3n) is 4.84. The second kappa shape index (κ2) is 8.19. The minimum absolute atomic E-state index is 0.133. The van der Waals surface area contributed by atoms with Gasteiger partial charge in [0.1, 0.15) is 17.2 Å². The zero-order valence-corrected chi connectivity index (χ0v) is 16.6. The third-order valence-corrected chi connectivity index (χ3v) is 4.84. The monoisotopic (exact) mass is 385 g/mol. The van der Waals surface area contributed by atoms with Gasteiger partial charge in [-0.25, -0.2) is 0 Å². The minimum atomic E-state index is -0.133. The molecule has 4 aromatic rings. The summed E-state index contributed by atoms with van der Waals surface area (Å²) in [6.45, 7) is 4.93. The van der Waals surface area contributed by atoms with Crippen molar-refractivity contribution in [3.05, 3.63) is 102 Å². The van der Waals surface area contributed by atoms with Crippen LogP contribution < -0.4 is 5.32 Å². The van der Waals surface area contributed by atoms with E-state index < -0.39 is 0 Å². The molecular weight excluding hydrogens is 362 g/mol. The highest BCUT2D eigenvalue weighted by Crippen LogP contribution is 2.23. The van der Waals surface area contributed by atoms with Crippen LogP contribution in [0.2, 0.25) is 0 Å². The molecule has 0 unspecified atom stereocenters. The lowest BCUT2D eigenvalue weighted by Crippen LogP contribution is -2.25. The first-order chi connectivity index (χ1) is 14.1. The highest BCUT2D eigenvalue weighted by atomic mass is 16.3. The van der Waals surface area contributed by atoms with Crippen LogP contribution in [0.3, 0.4) is 0 Å². The Balaban J connectivity index is 1.61. The first-order valence-corrected chi connectivity index (χ1v) is 9.58. The van der Waals surface area contributed by atoms with Crippen molar-refractivity contribution in [2.24, 2.45) is 0 Å². The first-order valence-electron chi connectivity index (χ1n) is 9.58. The number of carbonyl (C=O) groups is 1. The van der Waals surface area contributed by atoms with Gasteiger partial charge in [0.05, 0.1) is 6.54 Å². The number of amides is 1. The summed E-state index contributed by atoms with van der Waals surface area (Å²) in [7, 11) is 0. The first kappa shape index (κ1) is 18.7. The molecule has 1 amide bonds. The lowest BCUT2D eigenvalue weighted by molar-refractivity contribution is 0.0939. The zero-order chi connectivity index (χ0) is 20.2. The Morgan fingerprint density at radius 1 is 1.00 bits per heavy atom. The molecule has 4 rings (SSSR count). The van der Waals surface area contributed by atoms with Crippen LogP contribution in [0, 0.1) is 13.8 Å². The molecule has 0 radical (unpaired) electrons. The van der Waals surface area contributed by atoms with Gasteiger partial charge >= 0.3 is 0 Å². The second-order valence-corrected chi connectivity index (χ2v) is 7.16. The predicted octanol–water partition coefficient (Wildman–Crippen LogP) is 4.74. The summed E-state index contributed by atoms with van der Waals surface area (Å²) < 4.78 is 7.54. The SMILES string of the molecule is Cc1ccc(Cn2cc(-c3ccncc3)cc2C(=O)NCc2ccc(C)o2)cc1. The van der Waals surface area contributed by atoms with Gasteiger partial charge in [0.15, 0.2) is 0 Å². The smallest absolute Gasteiger partial charge is 0.268 e. The fraction of sp³-hybridized carbons (Fsp3) is 0.167. The predicted molar refractivity (Wildman–Crippen MR) is 113 cm³/mol. The van der Waals surface area contributed by atoms with Gasteiger partial charge in [0.2, 0.25) is 0 Å². The van der Waals surface area contributed by atoms with Crippen LogP contribution in [0.1, 0.15) is 33.1 Å². The van der Waals surface area contributed by atoms with E-state index in [0.29, 0.717) is 18.8 Å². The number of nitrogens with zero attached hydrogens (tertiary/aromatic N) is 2. The molecule has 0 saturated heterocycles. The Labute approximate surface area is 170 Å². The number of pyridine rings is 1. The number of furan rings is 1. The van der Waals surface area contributed by atoms with Crippen LogP contribution in [-0.4, -0.2) is 15.5 Å². The van der Waals surface area contributed by atoms with E-state index in [0.717, 1.165) is 28.2 Å². The van der Waals surface area contributed by atoms with Crippen LogP contribution in [0.5, 0.6) is 0 Å². The molecule has 29 heavy (non-hydrogen) atoms. The molecule has 0 aliphatic rings. The summed E-state index contributed by atoms with van der Waals surface area (Å²) in [5.74, 6) is 1.44. The van der Waals surface area contributed by atoms with Crippen molar-refractivity contribution < 1.29 is 9.21 Å². The van der Waals surface area contributed by atoms with Gasteiger partial charge in [-0.15, -0.1) is 0 Å². The van der Waals surface area contributed by atoms with Gasteiger partial charge in [-0.05, 0) is 55.3 Å². The fourth-order valence-electron chi connectivity index (χ4n) is 3.26. The minimum Gasteiger partial charge on any atom is -0.465 e. The van der Waals surface area contributed by atoms with Crippen molar-refractivity contribution in [1.82, 2.24) is 14.9 Å². The maximum absolute atomic E-state index is 12.9. The molecule has 0 aliphatic heterocycles. The van der Waals surface area contributed by atoms with Crippen LogP contribution in [0.4, 0.5) is 0 Å². The van der Waals surface area contributed by atoms with Gasteiger partial charge in [-0.1, -0.05) is 29.8 Å². The van der Waals surface area contributed by atoms with E-state index >= 15 is 0 Å². The number of aryl methyl sites for hydroxylation is 2. The van der Waals surface area contributed by atoms with Crippen LogP contribution in [0.15, 0.2) is 77.6 Å². The summed E-state index contributed by atoms with van der Waals surface area (Å²) >= 11 is 0. The van der Waals surface area contributed by atoms with E-state index in [1.807, 2.05) is 48.0 Å². The van der Waals surface area contributed by atoms with E-state index in [1.165, 1.54) is 5.56 Å². The molecule has 1 N–H and O–H groups in total. The van der Waals surface area contributed by atoms with E-state index in [4.69, 9.17) is 4.42 Å². The van der Waals surface area contributed by atoms with Gasteiger partial charge in [-0.3, -0.25) is 9.78 Å². The third kappa shape index (κ3) is 4.46. The molecule has 0 spiro atoms. The quantitative estimate of drug-likeness (QED) is 0.522. The maximum atomic E-state index is 12.9. The number of hydrogen-bond acceptors (Lipinski definition) is 3. The summed E-state index contributed by atoms with van der Waals surface area (Å²) in [5, 5.41) is 2.96. The van der Waals surface area contributed by atoms with E-state index in [2.05, 4.69) is 41.5 Å². The lowest BCUT2D eigenvalue weighted by atomic mass is 10.1. The Morgan fingerprint density at radius 3 is 2.45 bits per heavy atom. The summed E-state index contributed by atoms with van der Waals surface area (Å²) in [6, 6.07) is 17.9. The van der Waals surface area contributed by atoms with Crippen LogP contribution in [-0.2, 0) is 13.1 Å². The number of benzene rings is 1. The van der Waals surface area contributed by atoms with E-state index in [1.54, 1.807) is 12.4 Å². The molecule has 0 fully saturated rings. The Morgan fingerprint density at radius 2 is 1.76 bits per heavy atom. The van der Waals surface area contributed by atoms with E-state index in [-0.39, 0.29) is 5.91 Å². The van der Waals surface area contributed by atoms with Gasteiger partial charge in [0.25, 0.3) is 5.91 Å². The maximum Gasteiger partial charge on any atom is 0.268 e. The Bertz CT molecular complexity index is 1110. The molecule has 0 saturated carbocycles. The summed E-state index contributed by atoms with van der Waals surface area (Å²) in [4.78, 5) is 17.0. The molecular formula is C24H23N3O2. The van der Waals surface area contributed by atoms with Crippen molar-refractivity contribution in [3.8, 4) is 11.1 Å². The standard InChI is InChI=1S/C24H23N3O2/c1-17-3-6-19(7-4-17)15-27-16-21(20-9-11-25-12-10-20)13-23(27)24(28)26-14-22-8-5-18(2)29-22/h3-13,16H,14-15H2,1-2H3,(H,26,28). The number of rotatable bonds is 6.